The Morgan fingerprint density at radius 1 is 1.13 bits per heavy atom. The Hall–Kier alpha value is -2.72. The van der Waals surface area contributed by atoms with Gasteiger partial charge in [-0.15, -0.1) is 0 Å². The van der Waals surface area contributed by atoms with Gasteiger partial charge in [0.05, 0.1) is 5.69 Å². The SMILES string of the molecule is C=C(C)/C=C(/C)c1cccc2c1N[C@@]1(C)N(Oc3cc(CC)cc(CC)c3)C1(C)O2. The quantitative estimate of drug-likeness (QED) is 0.450. The molecule has 0 radical (unpaired) electrons. The number of rotatable bonds is 6. The molecule has 3 atom stereocenters. The van der Waals surface area contributed by atoms with Crippen molar-refractivity contribution in [2.45, 2.75) is 65.8 Å². The average molecular weight is 405 g/mol. The summed E-state index contributed by atoms with van der Waals surface area (Å²) in [4.78, 5) is 6.38. The summed E-state index contributed by atoms with van der Waals surface area (Å²) in [6, 6.07) is 12.6. The van der Waals surface area contributed by atoms with Gasteiger partial charge in [-0.05, 0) is 75.4 Å². The molecule has 4 rings (SSSR count). The highest BCUT2D eigenvalue weighted by atomic mass is 16.8. The van der Waals surface area contributed by atoms with Crippen LogP contribution in [0.4, 0.5) is 5.69 Å². The first-order chi connectivity index (χ1) is 14.2. The average Bonchev–Trinajstić information content (AvgIpc) is 3.17. The van der Waals surface area contributed by atoms with Crippen LogP contribution >= 0.6 is 0 Å². The lowest BCUT2D eigenvalue weighted by Gasteiger charge is -2.28. The van der Waals surface area contributed by atoms with Crippen molar-refractivity contribution in [3.63, 3.8) is 0 Å². The topological polar surface area (TPSA) is 33.5 Å². The zero-order valence-electron chi connectivity index (χ0n) is 18.9. The first kappa shape index (κ1) is 20.5. The van der Waals surface area contributed by atoms with Crippen molar-refractivity contribution in [1.29, 1.82) is 0 Å². The van der Waals surface area contributed by atoms with Crippen LogP contribution in [0.1, 0.15) is 58.2 Å². The standard InChI is InChI=1S/C26H32N2O2/c1-8-19-14-20(9-2)16-21(15-19)30-28-25(6)26(28,7)29-23-12-10-11-22(24(23)27-25)18(5)13-17(3)4/h10-16,27H,3,8-9H2,1-2,4-7H3/b18-13-/t25-,26?,28?/m0/s1. The van der Waals surface area contributed by atoms with Crippen LogP contribution in [0.15, 0.2) is 54.6 Å². The molecule has 158 valence electrons. The second-order valence-corrected chi connectivity index (χ2v) is 8.71. The lowest BCUT2D eigenvalue weighted by Crippen LogP contribution is -2.37. The Bertz CT molecular complexity index is 1020. The van der Waals surface area contributed by atoms with Crippen LogP contribution in [0.5, 0.6) is 11.5 Å². The molecule has 4 nitrogen and oxygen atoms in total. The molecule has 0 bridgehead atoms. The minimum Gasteiger partial charge on any atom is -0.463 e. The highest BCUT2D eigenvalue weighted by Gasteiger charge is 2.78. The molecule has 0 aliphatic carbocycles. The number of anilines is 1. The van der Waals surface area contributed by atoms with E-state index < -0.39 is 11.4 Å². The van der Waals surface area contributed by atoms with Crippen LogP contribution < -0.4 is 14.9 Å². The van der Waals surface area contributed by atoms with Gasteiger partial charge in [0.1, 0.15) is 11.5 Å². The Labute approximate surface area is 180 Å². The van der Waals surface area contributed by atoms with Crippen LogP contribution in [0.2, 0.25) is 0 Å². The summed E-state index contributed by atoms with van der Waals surface area (Å²) >= 11 is 0. The van der Waals surface area contributed by atoms with Gasteiger partial charge in [-0.25, -0.2) is 0 Å². The summed E-state index contributed by atoms with van der Waals surface area (Å²) in [5.74, 6) is 1.70. The fraction of sp³-hybridized carbons (Fsp3) is 0.385. The normalized spacial score (nSPS) is 26.7. The van der Waals surface area contributed by atoms with Crippen molar-refractivity contribution in [3.05, 3.63) is 71.3 Å². The second-order valence-electron chi connectivity index (χ2n) is 8.71. The van der Waals surface area contributed by atoms with Gasteiger partial charge in [0.15, 0.2) is 5.66 Å². The van der Waals surface area contributed by atoms with Gasteiger partial charge in [0, 0.05) is 5.56 Å². The third-order valence-corrected chi connectivity index (χ3v) is 6.28. The minimum atomic E-state index is -0.584. The first-order valence-electron chi connectivity index (χ1n) is 10.8. The Morgan fingerprint density at radius 2 is 1.80 bits per heavy atom. The molecule has 0 spiro atoms. The Kier molecular flexibility index (Phi) is 4.94. The molecule has 2 unspecified atom stereocenters. The van der Waals surface area contributed by atoms with E-state index in [1.165, 1.54) is 11.1 Å². The molecule has 1 saturated heterocycles. The van der Waals surface area contributed by atoms with E-state index in [-0.39, 0.29) is 0 Å². The second kappa shape index (κ2) is 7.21. The molecule has 2 aromatic rings. The van der Waals surface area contributed by atoms with Crippen LogP contribution in [0.25, 0.3) is 5.57 Å². The van der Waals surface area contributed by atoms with E-state index in [1.54, 1.807) is 0 Å². The number of aryl methyl sites for hydroxylation is 2. The number of nitrogens with zero attached hydrogens (tertiary/aromatic N) is 1. The Morgan fingerprint density at radius 3 is 2.40 bits per heavy atom. The van der Waals surface area contributed by atoms with E-state index in [2.05, 4.69) is 76.9 Å². The molecule has 1 N–H and O–H groups in total. The number of fused-ring (bicyclic) bond motifs is 2. The monoisotopic (exact) mass is 404 g/mol. The van der Waals surface area contributed by atoms with E-state index in [9.17, 15) is 0 Å². The number of benzene rings is 2. The van der Waals surface area contributed by atoms with Gasteiger partial charge in [-0.1, -0.05) is 55.3 Å². The van der Waals surface area contributed by atoms with E-state index in [1.807, 2.05) is 24.1 Å². The molecule has 30 heavy (non-hydrogen) atoms. The van der Waals surface area contributed by atoms with Gasteiger partial charge >= 0.3 is 0 Å². The summed E-state index contributed by atoms with van der Waals surface area (Å²) in [6.45, 7) is 16.6. The largest absolute Gasteiger partial charge is 0.463 e. The van der Waals surface area contributed by atoms with Gasteiger partial charge in [0.25, 0.3) is 0 Å². The molecule has 0 aromatic heterocycles. The van der Waals surface area contributed by atoms with Gasteiger partial charge in [0.2, 0.25) is 5.72 Å². The number of hydrogen-bond donors (Lipinski definition) is 1. The third kappa shape index (κ3) is 3.20. The fourth-order valence-corrected chi connectivity index (χ4v) is 4.31. The number of hydrogen-bond acceptors (Lipinski definition) is 4. The molecule has 1 fully saturated rings. The molecular formula is C26H32N2O2. The molecule has 2 aliphatic rings. The van der Waals surface area contributed by atoms with E-state index in [0.29, 0.717) is 0 Å². The smallest absolute Gasteiger partial charge is 0.233 e. The van der Waals surface area contributed by atoms with Crippen LogP contribution in [0, 0.1) is 0 Å². The summed E-state index contributed by atoms with van der Waals surface area (Å²) in [7, 11) is 0. The molecule has 4 heteroatoms. The lowest BCUT2D eigenvalue weighted by molar-refractivity contribution is -0.0377. The van der Waals surface area contributed by atoms with Crippen molar-refractivity contribution in [2.24, 2.45) is 0 Å². The highest BCUT2D eigenvalue weighted by Crippen LogP contribution is 2.58. The summed E-state index contributed by atoms with van der Waals surface area (Å²) in [5.41, 5.74) is 5.81. The van der Waals surface area contributed by atoms with Crippen molar-refractivity contribution in [2.75, 3.05) is 5.32 Å². The van der Waals surface area contributed by atoms with Crippen molar-refractivity contribution in [1.82, 2.24) is 5.06 Å². The molecule has 0 amide bonds. The van der Waals surface area contributed by atoms with Gasteiger partial charge in [-0.2, -0.15) is 0 Å². The number of allylic oxidation sites excluding steroid dienone is 3. The minimum absolute atomic E-state index is 0.464. The summed E-state index contributed by atoms with van der Waals surface area (Å²) < 4.78 is 6.48. The van der Waals surface area contributed by atoms with E-state index >= 15 is 0 Å². The summed E-state index contributed by atoms with van der Waals surface area (Å²) in [5, 5.41) is 5.63. The van der Waals surface area contributed by atoms with Gasteiger partial charge in [-0.3, -0.25) is 0 Å². The maximum absolute atomic E-state index is 6.48. The molecule has 2 aliphatic heterocycles. The molecular weight excluding hydrogens is 372 g/mol. The zero-order chi connectivity index (χ0) is 21.7. The van der Waals surface area contributed by atoms with Crippen LogP contribution in [-0.2, 0) is 12.8 Å². The van der Waals surface area contributed by atoms with Crippen molar-refractivity contribution in [3.8, 4) is 11.5 Å². The molecule has 0 saturated carbocycles. The molecule has 2 aromatic carbocycles. The maximum atomic E-state index is 6.48. The lowest BCUT2D eigenvalue weighted by atomic mass is 10.00. The van der Waals surface area contributed by atoms with Crippen molar-refractivity contribution < 1.29 is 9.57 Å². The van der Waals surface area contributed by atoms with Crippen LogP contribution in [-0.4, -0.2) is 16.5 Å². The maximum Gasteiger partial charge on any atom is 0.233 e. The fourth-order valence-electron chi connectivity index (χ4n) is 4.31. The predicted molar refractivity (Wildman–Crippen MR) is 124 cm³/mol. The number of para-hydroxylation sites is 1. The van der Waals surface area contributed by atoms with Crippen LogP contribution in [0.3, 0.4) is 0 Å². The Balaban J connectivity index is 1.65. The predicted octanol–water partition coefficient (Wildman–Crippen LogP) is 6.34. The van der Waals surface area contributed by atoms with E-state index in [4.69, 9.17) is 9.57 Å². The molecule has 2 heterocycles. The zero-order valence-corrected chi connectivity index (χ0v) is 18.9. The number of nitrogens with one attached hydrogen (secondary N) is 1. The number of ether oxygens (including phenoxy) is 1. The van der Waals surface area contributed by atoms with E-state index in [0.717, 1.165) is 46.7 Å². The highest BCUT2D eigenvalue weighted by molar-refractivity contribution is 5.82. The van der Waals surface area contributed by atoms with Crippen molar-refractivity contribution >= 4 is 11.3 Å². The summed E-state index contributed by atoms with van der Waals surface area (Å²) in [6.07, 6.45) is 4.06. The number of hydroxylamine groups is 2. The first-order valence-corrected chi connectivity index (χ1v) is 10.8. The third-order valence-electron chi connectivity index (χ3n) is 6.28. The van der Waals surface area contributed by atoms with Gasteiger partial charge < -0.3 is 14.9 Å².